The number of benzene rings is 1. The first kappa shape index (κ1) is 21.1. The molecule has 0 spiro atoms. The normalized spacial score (nSPS) is 12.7. The number of rotatable bonds is 6. The van der Waals surface area contributed by atoms with Crippen molar-refractivity contribution in [3.05, 3.63) is 66.1 Å². The SMILES string of the molecule is CN=C(NCc1nnc2ccccn12)NCC(c1ccccc1)N(C)C.I. The second-order valence-electron chi connectivity index (χ2n) is 6.24. The number of guanidine groups is 1. The van der Waals surface area contributed by atoms with Gasteiger partial charge in [0.05, 0.1) is 12.6 Å². The zero-order valence-corrected chi connectivity index (χ0v) is 18.2. The van der Waals surface area contributed by atoms with Crippen molar-refractivity contribution in [2.45, 2.75) is 12.6 Å². The van der Waals surface area contributed by atoms with E-state index in [1.54, 1.807) is 7.05 Å². The van der Waals surface area contributed by atoms with Crippen molar-refractivity contribution in [3.63, 3.8) is 0 Å². The Bertz CT molecular complexity index is 861. The molecule has 0 saturated heterocycles. The lowest BCUT2D eigenvalue weighted by molar-refractivity contribution is 0.298. The number of pyridine rings is 1. The molecule has 0 fully saturated rings. The highest BCUT2D eigenvalue weighted by molar-refractivity contribution is 14.0. The van der Waals surface area contributed by atoms with Crippen LogP contribution in [0, 0.1) is 0 Å². The van der Waals surface area contributed by atoms with Crippen molar-refractivity contribution >= 4 is 35.6 Å². The lowest BCUT2D eigenvalue weighted by Crippen LogP contribution is -2.41. The summed E-state index contributed by atoms with van der Waals surface area (Å²) in [7, 11) is 5.93. The van der Waals surface area contributed by atoms with E-state index in [1.807, 2.05) is 34.9 Å². The van der Waals surface area contributed by atoms with E-state index >= 15 is 0 Å². The number of fused-ring (bicyclic) bond motifs is 1. The molecule has 1 atom stereocenters. The minimum Gasteiger partial charge on any atom is -0.354 e. The maximum Gasteiger partial charge on any atom is 0.191 e. The molecule has 144 valence electrons. The number of nitrogens with one attached hydrogen (secondary N) is 2. The van der Waals surface area contributed by atoms with Gasteiger partial charge in [-0.2, -0.15) is 0 Å². The van der Waals surface area contributed by atoms with Crippen LogP contribution in [0.3, 0.4) is 0 Å². The summed E-state index contributed by atoms with van der Waals surface area (Å²) in [4.78, 5) is 6.51. The molecule has 0 aliphatic carbocycles. The lowest BCUT2D eigenvalue weighted by atomic mass is 10.1. The third kappa shape index (κ3) is 5.39. The van der Waals surface area contributed by atoms with Gasteiger partial charge in [-0.25, -0.2) is 0 Å². The van der Waals surface area contributed by atoms with E-state index in [4.69, 9.17) is 0 Å². The molecular formula is C19H26IN7. The first-order valence-electron chi connectivity index (χ1n) is 8.63. The second kappa shape index (κ2) is 10.2. The molecule has 0 bridgehead atoms. The van der Waals surface area contributed by atoms with Crippen LogP contribution >= 0.6 is 24.0 Å². The van der Waals surface area contributed by atoms with Gasteiger partial charge in [0, 0.05) is 19.8 Å². The number of likely N-dealkylation sites (N-methyl/N-ethyl adjacent to an activating group) is 1. The summed E-state index contributed by atoms with van der Waals surface area (Å²) in [6.07, 6.45) is 1.96. The molecule has 8 heteroatoms. The highest BCUT2D eigenvalue weighted by Gasteiger charge is 2.14. The number of aromatic nitrogens is 3. The van der Waals surface area contributed by atoms with E-state index in [0.717, 1.165) is 24.0 Å². The van der Waals surface area contributed by atoms with Crippen LogP contribution in [0.15, 0.2) is 59.7 Å². The van der Waals surface area contributed by atoms with Gasteiger partial charge in [-0.15, -0.1) is 34.2 Å². The standard InChI is InChI=1S/C19H25N7.HI/c1-20-19(21-13-16(25(2)3)15-9-5-4-6-10-15)22-14-18-24-23-17-11-7-8-12-26(17)18;/h4-12,16H,13-14H2,1-3H3,(H2,20,21,22);1H. The summed E-state index contributed by atoms with van der Waals surface area (Å²) in [6.45, 7) is 1.29. The van der Waals surface area contributed by atoms with Crippen molar-refractivity contribution < 1.29 is 0 Å². The molecule has 2 aromatic heterocycles. The van der Waals surface area contributed by atoms with E-state index < -0.39 is 0 Å². The zero-order valence-electron chi connectivity index (χ0n) is 15.8. The zero-order chi connectivity index (χ0) is 18.4. The quantitative estimate of drug-likeness (QED) is 0.323. The van der Waals surface area contributed by atoms with Gasteiger partial charge in [0.25, 0.3) is 0 Å². The van der Waals surface area contributed by atoms with E-state index in [9.17, 15) is 0 Å². The maximum atomic E-state index is 4.31. The molecule has 0 radical (unpaired) electrons. The summed E-state index contributed by atoms with van der Waals surface area (Å²) in [5, 5.41) is 15.1. The molecule has 7 nitrogen and oxygen atoms in total. The van der Waals surface area contributed by atoms with Crippen molar-refractivity contribution in [2.75, 3.05) is 27.7 Å². The molecule has 0 aliphatic heterocycles. The third-order valence-electron chi connectivity index (χ3n) is 4.29. The van der Waals surface area contributed by atoms with Crippen LogP contribution in [0.5, 0.6) is 0 Å². The number of hydrogen-bond acceptors (Lipinski definition) is 4. The summed E-state index contributed by atoms with van der Waals surface area (Å²) in [5.41, 5.74) is 2.10. The van der Waals surface area contributed by atoms with Crippen LogP contribution in [0.2, 0.25) is 0 Å². The Morgan fingerprint density at radius 2 is 1.81 bits per heavy atom. The molecule has 0 saturated carbocycles. The Kier molecular flexibility index (Phi) is 7.99. The van der Waals surface area contributed by atoms with Crippen LogP contribution in [0.1, 0.15) is 17.4 Å². The van der Waals surface area contributed by atoms with Crippen molar-refractivity contribution in [1.29, 1.82) is 0 Å². The number of nitrogens with zero attached hydrogens (tertiary/aromatic N) is 5. The van der Waals surface area contributed by atoms with Crippen LogP contribution < -0.4 is 10.6 Å². The summed E-state index contributed by atoms with van der Waals surface area (Å²) in [6, 6.07) is 16.6. The topological polar surface area (TPSA) is 69.8 Å². The molecule has 0 aliphatic rings. The predicted octanol–water partition coefficient (Wildman–Crippen LogP) is 2.32. The molecule has 2 N–H and O–H groups in total. The molecule has 27 heavy (non-hydrogen) atoms. The highest BCUT2D eigenvalue weighted by Crippen LogP contribution is 2.16. The molecule has 3 aromatic rings. The van der Waals surface area contributed by atoms with Crippen LogP contribution in [0.25, 0.3) is 5.65 Å². The van der Waals surface area contributed by atoms with Gasteiger partial charge in [-0.3, -0.25) is 9.39 Å². The maximum absolute atomic E-state index is 4.31. The number of hydrogen-bond donors (Lipinski definition) is 2. The fourth-order valence-corrected chi connectivity index (χ4v) is 2.86. The van der Waals surface area contributed by atoms with Crippen LogP contribution in [-0.4, -0.2) is 53.1 Å². The third-order valence-corrected chi connectivity index (χ3v) is 4.29. The lowest BCUT2D eigenvalue weighted by Gasteiger charge is -2.26. The minimum absolute atomic E-state index is 0. The molecule has 2 heterocycles. The van der Waals surface area contributed by atoms with Crippen LogP contribution in [-0.2, 0) is 6.54 Å². The number of aliphatic imine (C=N–C) groups is 1. The number of halogens is 1. The van der Waals surface area contributed by atoms with E-state index in [-0.39, 0.29) is 30.0 Å². The first-order valence-corrected chi connectivity index (χ1v) is 8.63. The average Bonchev–Trinajstić information content (AvgIpc) is 3.08. The van der Waals surface area contributed by atoms with Crippen molar-refractivity contribution in [2.24, 2.45) is 4.99 Å². The fourth-order valence-electron chi connectivity index (χ4n) is 2.86. The van der Waals surface area contributed by atoms with Gasteiger partial charge >= 0.3 is 0 Å². The second-order valence-corrected chi connectivity index (χ2v) is 6.24. The average molecular weight is 479 g/mol. The highest BCUT2D eigenvalue weighted by atomic mass is 127. The van der Waals surface area contributed by atoms with Gasteiger partial charge < -0.3 is 15.5 Å². The molecule has 1 unspecified atom stereocenters. The van der Waals surface area contributed by atoms with E-state index in [0.29, 0.717) is 6.54 Å². The molecular weight excluding hydrogens is 453 g/mol. The van der Waals surface area contributed by atoms with Gasteiger partial charge in [-0.05, 0) is 31.8 Å². The Balaban J connectivity index is 0.00000261. The van der Waals surface area contributed by atoms with Crippen molar-refractivity contribution in [1.82, 2.24) is 30.1 Å². The summed E-state index contributed by atoms with van der Waals surface area (Å²) in [5.74, 6) is 1.58. The van der Waals surface area contributed by atoms with Gasteiger partial charge in [-0.1, -0.05) is 36.4 Å². The Labute approximate surface area is 176 Å². The molecule has 1 aromatic carbocycles. The van der Waals surface area contributed by atoms with E-state index in [1.165, 1.54) is 5.56 Å². The van der Waals surface area contributed by atoms with Gasteiger partial charge in [0.15, 0.2) is 17.4 Å². The Hall–Kier alpha value is -2.20. The molecule has 0 amide bonds. The largest absolute Gasteiger partial charge is 0.354 e. The Morgan fingerprint density at radius 1 is 1.07 bits per heavy atom. The van der Waals surface area contributed by atoms with Crippen LogP contribution in [0.4, 0.5) is 0 Å². The first-order chi connectivity index (χ1) is 12.7. The summed E-state index contributed by atoms with van der Waals surface area (Å²) < 4.78 is 1.97. The minimum atomic E-state index is 0. The predicted molar refractivity (Wildman–Crippen MR) is 119 cm³/mol. The molecule has 3 rings (SSSR count). The van der Waals surface area contributed by atoms with Gasteiger partial charge in [0.1, 0.15) is 0 Å². The van der Waals surface area contributed by atoms with E-state index in [2.05, 4.69) is 69.1 Å². The smallest absolute Gasteiger partial charge is 0.191 e. The summed E-state index contributed by atoms with van der Waals surface area (Å²) >= 11 is 0. The van der Waals surface area contributed by atoms with Gasteiger partial charge in [0.2, 0.25) is 0 Å². The monoisotopic (exact) mass is 479 g/mol. The fraction of sp³-hybridized carbons (Fsp3) is 0.316. The Morgan fingerprint density at radius 3 is 2.52 bits per heavy atom. The van der Waals surface area contributed by atoms with Crippen molar-refractivity contribution in [3.8, 4) is 0 Å².